The summed E-state index contributed by atoms with van der Waals surface area (Å²) in [6.45, 7) is 14.6. The number of halogens is 1. The maximum atomic E-state index is 14.8. The summed E-state index contributed by atoms with van der Waals surface area (Å²) in [4.78, 5) is 37.0. The lowest BCUT2D eigenvalue weighted by Gasteiger charge is -2.46. The van der Waals surface area contributed by atoms with Gasteiger partial charge in [-0.05, 0) is 40.5 Å². The first-order valence-electron chi connectivity index (χ1n) is 13.5. The molecule has 0 saturated carbocycles. The van der Waals surface area contributed by atoms with Crippen LogP contribution in [0, 0.1) is 5.82 Å². The van der Waals surface area contributed by atoms with Crippen molar-refractivity contribution in [3.8, 4) is 0 Å². The van der Waals surface area contributed by atoms with Gasteiger partial charge in [-0.3, -0.25) is 14.8 Å². The predicted octanol–water partition coefficient (Wildman–Crippen LogP) is 2.92. The zero-order valence-electron chi connectivity index (χ0n) is 24.4. The quantitative estimate of drug-likeness (QED) is 0.368. The first-order valence-corrected chi connectivity index (χ1v) is 13.5. The summed E-state index contributed by atoms with van der Waals surface area (Å²) in [5, 5.41) is 17.8. The number of urea groups is 1. The summed E-state index contributed by atoms with van der Waals surface area (Å²) in [5.41, 5.74) is 7.02. The van der Waals surface area contributed by atoms with Crippen LogP contribution >= 0.6 is 0 Å². The Morgan fingerprint density at radius 1 is 1.23 bits per heavy atom. The average molecular weight is 564 g/mol. The van der Waals surface area contributed by atoms with Gasteiger partial charge in [-0.1, -0.05) is 6.92 Å². The van der Waals surface area contributed by atoms with E-state index >= 15 is 0 Å². The fraction of sp³-hybridized carbons (Fsp3) is 0.654. The Balaban J connectivity index is 0.00000103. The number of nitrogens with two attached hydrogens (primary N) is 1. The van der Waals surface area contributed by atoms with Crippen molar-refractivity contribution in [3.63, 3.8) is 0 Å². The Labute approximate surface area is 234 Å². The minimum Gasteiger partial charge on any atom is -0.481 e. The third kappa shape index (κ3) is 6.61. The lowest BCUT2D eigenvalue weighted by molar-refractivity contribution is -0.134. The topological polar surface area (TPSA) is 166 Å². The number of amides is 2. The number of aromatic nitrogens is 4. The molecule has 0 aliphatic carbocycles. The number of carboxylic acids is 1. The summed E-state index contributed by atoms with van der Waals surface area (Å²) < 4.78 is 20.0. The molecule has 1 fully saturated rings. The van der Waals surface area contributed by atoms with Gasteiger partial charge >= 0.3 is 6.03 Å². The number of aromatic amines is 1. The highest BCUT2D eigenvalue weighted by molar-refractivity contribution is 5.78. The molecular weight excluding hydrogens is 521 g/mol. The second kappa shape index (κ2) is 12.8. The summed E-state index contributed by atoms with van der Waals surface area (Å²) in [7, 11) is 1.72. The Morgan fingerprint density at radius 3 is 2.52 bits per heavy atom. The number of carbonyl (C=O) groups is 2. The standard InChI is InChI=1S/C24H38FN9O2.C2H4O2/c1-7-17-18(25)21(29-22(26)27-17)28-20-16-13-34(24(4,5)19(16)30-31-20)23(35)33-12-14(2)32(11-15(33)3)9-8-10-36-6;1-2(3)4/h14-15H,7-13H2,1-6H3,(H4,26,27,28,29,30,31);1H3,(H,3,4)/t14-,15+;/m1./s1. The van der Waals surface area contributed by atoms with Crippen LogP contribution in [0.4, 0.5) is 26.8 Å². The number of H-pyrrole nitrogens is 1. The number of nitrogens with zero attached hydrogens (tertiary/aromatic N) is 6. The number of methoxy groups -OCH3 is 1. The van der Waals surface area contributed by atoms with E-state index in [1.807, 2.05) is 23.6 Å². The highest BCUT2D eigenvalue weighted by Crippen LogP contribution is 2.42. The first-order chi connectivity index (χ1) is 18.8. The average Bonchev–Trinajstić information content (AvgIpc) is 3.40. The van der Waals surface area contributed by atoms with Crippen LogP contribution in [0.15, 0.2) is 0 Å². The zero-order chi connectivity index (χ0) is 29.8. The minimum atomic E-state index is -0.833. The van der Waals surface area contributed by atoms with Crippen LogP contribution in [-0.2, 0) is 28.0 Å². The lowest BCUT2D eigenvalue weighted by atomic mass is 10.0. The molecule has 2 aromatic rings. The van der Waals surface area contributed by atoms with E-state index in [-0.39, 0.29) is 35.6 Å². The number of hydrogen-bond donors (Lipinski definition) is 4. The molecule has 0 bridgehead atoms. The van der Waals surface area contributed by atoms with Gasteiger partial charge in [0.15, 0.2) is 17.5 Å². The van der Waals surface area contributed by atoms with Crippen molar-refractivity contribution in [3.05, 3.63) is 22.8 Å². The Morgan fingerprint density at radius 2 is 1.90 bits per heavy atom. The summed E-state index contributed by atoms with van der Waals surface area (Å²) in [5.74, 6) is -0.996. The van der Waals surface area contributed by atoms with E-state index in [1.165, 1.54) is 0 Å². The molecule has 2 aliphatic heterocycles. The van der Waals surface area contributed by atoms with E-state index in [1.54, 1.807) is 14.0 Å². The fourth-order valence-electron chi connectivity index (χ4n) is 5.21. The molecule has 14 heteroatoms. The van der Waals surface area contributed by atoms with Crippen LogP contribution in [0.3, 0.4) is 0 Å². The van der Waals surface area contributed by atoms with Gasteiger partial charge in [0, 0.05) is 57.9 Å². The lowest BCUT2D eigenvalue weighted by Crippen LogP contribution is -2.61. The number of ether oxygens (including phenoxy) is 1. The largest absolute Gasteiger partial charge is 0.481 e. The number of anilines is 3. The molecule has 2 aromatic heterocycles. The summed E-state index contributed by atoms with van der Waals surface area (Å²) >= 11 is 0. The van der Waals surface area contributed by atoms with Crippen LogP contribution in [-0.4, -0.2) is 97.4 Å². The number of fused-ring (bicyclic) bond motifs is 1. The molecule has 1 saturated heterocycles. The number of piperazine rings is 1. The van der Waals surface area contributed by atoms with Gasteiger partial charge in [0.1, 0.15) is 0 Å². The van der Waals surface area contributed by atoms with Crippen LogP contribution < -0.4 is 11.1 Å². The van der Waals surface area contributed by atoms with E-state index < -0.39 is 17.3 Å². The summed E-state index contributed by atoms with van der Waals surface area (Å²) in [6.07, 6.45) is 1.36. The minimum absolute atomic E-state index is 0.00969. The molecule has 2 aliphatic rings. The number of aliphatic carboxylic acids is 1. The Bertz CT molecular complexity index is 1200. The molecule has 40 heavy (non-hydrogen) atoms. The van der Waals surface area contributed by atoms with Crippen molar-refractivity contribution >= 4 is 29.6 Å². The van der Waals surface area contributed by atoms with Crippen LogP contribution in [0.5, 0.6) is 0 Å². The molecular formula is C26H42FN9O4. The Kier molecular flexibility index (Phi) is 9.90. The van der Waals surface area contributed by atoms with Crippen LogP contribution in [0.2, 0.25) is 0 Å². The maximum Gasteiger partial charge on any atom is 0.321 e. The third-order valence-corrected chi connectivity index (χ3v) is 7.36. The first kappa shape index (κ1) is 31.0. The van der Waals surface area contributed by atoms with E-state index in [9.17, 15) is 9.18 Å². The van der Waals surface area contributed by atoms with Crippen molar-refractivity contribution in [2.24, 2.45) is 0 Å². The number of carboxylic acid groups (broad SMARTS) is 1. The number of rotatable bonds is 7. The van der Waals surface area contributed by atoms with Crippen LogP contribution in [0.25, 0.3) is 0 Å². The third-order valence-electron chi connectivity index (χ3n) is 7.36. The highest BCUT2D eigenvalue weighted by atomic mass is 19.1. The Hall–Kier alpha value is -3.52. The molecule has 2 amide bonds. The number of hydrogen-bond acceptors (Lipinski definition) is 9. The molecule has 4 heterocycles. The monoisotopic (exact) mass is 563 g/mol. The molecule has 0 spiro atoms. The van der Waals surface area contributed by atoms with Gasteiger partial charge < -0.3 is 30.7 Å². The van der Waals surface area contributed by atoms with Crippen molar-refractivity contribution in [2.75, 3.05) is 44.4 Å². The normalized spacial score (nSPS) is 20.1. The fourth-order valence-corrected chi connectivity index (χ4v) is 5.21. The van der Waals surface area contributed by atoms with Gasteiger partial charge in [-0.15, -0.1) is 0 Å². The molecule has 0 radical (unpaired) electrons. The molecule has 222 valence electrons. The van der Waals surface area contributed by atoms with Gasteiger partial charge in [-0.2, -0.15) is 10.1 Å². The molecule has 4 rings (SSSR count). The van der Waals surface area contributed by atoms with E-state index in [0.717, 1.165) is 44.3 Å². The predicted molar refractivity (Wildman–Crippen MR) is 149 cm³/mol. The molecule has 0 aromatic carbocycles. The van der Waals surface area contributed by atoms with Crippen LogP contribution in [0.1, 0.15) is 64.9 Å². The van der Waals surface area contributed by atoms with Crippen molar-refractivity contribution in [2.45, 2.75) is 78.6 Å². The van der Waals surface area contributed by atoms with Crippen molar-refractivity contribution in [1.29, 1.82) is 0 Å². The van der Waals surface area contributed by atoms with Gasteiger partial charge in [0.25, 0.3) is 5.97 Å². The molecule has 2 atom stereocenters. The number of carbonyl (C=O) groups excluding carboxylic acids is 1. The number of nitrogens with one attached hydrogen (secondary N) is 2. The summed E-state index contributed by atoms with van der Waals surface area (Å²) in [6, 6.07) is 0.313. The zero-order valence-corrected chi connectivity index (χ0v) is 24.4. The second-order valence-electron chi connectivity index (χ2n) is 10.7. The molecule has 13 nitrogen and oxygen atoms in total. The highest BCUT2D eigenvalue weighted by Gasteiger charge is 2.46. The van der Waals surface area contributed by atoms with Gasteiger partial charge in [-0.25, -0.2) is 14.2 Å². The molecule has 5 N–H and O–H groups in total. The second-order valence-corrected chi connectivity index (χ2v) is 10.7. The van der Waals surface area contributed by atoms with E-state index in [2.05, 4.69) is 44.2 Å². The number of nitrogen functional groups attached to an aromatic ring is 1. The molecule has 0 unspecified atom stereocenters. The SMILES string of the molecule is CC(=O)O.CCc1nc(N)nc(Nc2n[nH]c3c2CN(C(=O)N2C[C@@H](C)N(CCCOC)C[C@@H]2C)C3(C)C)c1F. The maximum absolute atomic E-state index is 14.8. The van der Waals surface area contributed by atoms with Gasteiger partial charge in [0.05, 0.1) is 23.5 Å². The van der Waals surface area contributed by atoms with Crippen molar-refractivity contribution < 1.29 is 23.8 Å². The van der Waals surface area contributed by atoms with Crippen molar-refractivity contribution in [1.82, 2.24) is 34.9 Å². The number of aryl methyl sites for hydroxylation is 1. The van der Waals surface area contributed by atoms with E-state index in [4.69, 9.17) is 20.4 Å². The van der Waals surface area contributed by atoms with E-state index in [0.29, 0.717) is 25.3 Å². The smallest absolute Gasteiger partial charge is 0.321 e. The van der Waals surface area contributed by atoms with Gasteiger partial charge in [0.2, 0.25) is 5.95 Å².